The van der Waals surface area contributed by atoms with Crippen LogP contribution < -0.4 is 0 Å². The van der Waals surface area contributed by atoms with Crippen molar-refractivity contribution in [3.63, 3.8) is 0 Å². The monoisotopic (exact) mass is 434 g/mol. The van der Waals surface area contributed by atoms with Gasteiger partial charge in [-0.15, -0.1) is 0 Å². The Kier molecular flexibility index (Phi) is 6.01. The topological polar surface area (TPSA) is 46.4 Å². The van der Waals surface area contributed by atoms with Crippen LogP contribution in [0.5, 0.6) is 0 Å². The molecule has 1 fully saturated rings. The van der Waals surface area contributed by atoms with Crippen LogP contribution in [-0.2, 0) is 0 Å². The van der Waals surface area contributed by atoms with E-state index >= 15 is 0 Å². The second kappa shape index (κ2) is 9.39. The molecule has 1 aliphatic carbocycles. The maximum absolute atomic E-state index is 11.2. The fourth-order valence-electron chi connectivity index (χ4n) is 4.82. The van der Waals surface area contributed by atoms with Gasteiger partial charge in [0.25, 0.3) is 5.69 Å². The number of nitrogens with zero attached hydrogens (tertiary/aromatic N) is 2. The molecule has 4 nitrogen and oxygen atoms in total. The molecule has 0 spiro atoms. The molecule has 1 aliphatic heterocycles. The average molecular weight is 435 g/mol. The molecule has 0 unspecified atom stereocenters. The van der Waals surface area contributed by atoms with E-state index in [-0.39, 0.29) is 10.6 Å². The first-order valence-corrected chi connectivity index (χ1v) is 11.4. The number of benzene rings is 3. The van der Waals surface area contributed by atoms with Crippen molar-refractivity contribution in [1.29, 1.82) is 0 Å². The van der Waals surface area contributed by atoms with Crippen LogP contribution in [0.2, 0.25) is 0 Å². The maximum Gasteiger partial charge on any atom is 0.276 e. The molecule has 0 atom stereocenters. The highest BCUT2D eigenvalue weighted by Gasteiger charge is 2.22. The summed E-state index contributed by atoms with van der Waals surface area (Å²) in [5.74, 6) is 0. The summed E-state index contributed by atoms with van der Waals surface area (Å²) in [5, 5.41) is 11.2. The van der Waals surface area contributed by atoms with Gasteiger partial charge in [-0.1, -0.05) is 90.5 Å². The number of hydrogen-bond donors (Lipinski definition) is 0. The van der Waals surface area contributed by atoms with Gasteiger partial charge in [0.2, 0.25) is 0 Å². The van der Waals surface area contributed by atoms with Gasteiger partial charge < -0.3 is 0 Å². The smallest absolute Gasteiger partial charge is 0.276 e. The Morgan fingerprint density at radius 3 is 2.03 bits per heavy atom. The first-order chi connectivity index (χ1) is 16.2. The van der Waals surface area contributed by atoms with E-state index in [9.17, 15) is 10.1 Å². The second-order valence-electron chi connectivity index (χ2n) is 8.51. The average Bonchev–Trinajstić information content (AvgIpc) is 3.02. The molecular weight excluding hydrogens is 408 g/mol. The number of fused-ring (bicyclic) bond motifs is 2. The lowest BCUT2D eigenvalue weighted by Crippen LogP contribution is -2.31. The summed E-state index contributed by atoms with van der Waals surface area (Å²) in [6.45, 7) is 2.76. The number of piperidine rings is 1. The number of rotatable bonds is 4. The molecule has 0 saturated carbocycles. The molecular formula is C29H26N2O2. The summed E-state index contributed by atoms with van der Waals surface area (Å²) in [5.41, 5.74) is 8.88. The zero-order chi connectivity index (χ0) is 22.6. The third-order valence-electron chi connectivity index (χ3n) is 6.51. The minimum atomic E-state index is -0.323. The van der Waals surface area contributed by atoms with Crippen LogP contribution in [0, 0.1) is 10.1 Å². The van der Waals surface area contributed by atoms with Crippen LogP contribution in [-0.4, -0.2) is 29.5 Å². The summed E-state index contributed by atoms with van der Waals surface area (Å²) in [6, 6.07) is 24.2. The third kappa shape index (κ3) is 4.43. The van der Waals surface area contributed by atoms with Crippen molar-refractivity contribution >= 4 is 29.5 Å². The van der Waals surface area contributed by atoms with Crippen molar-refractivity contribution in [2.24, 2.45) is 0 Å². The number of hydrogen-bond acceptors (Lipinski definition) is 3. The van der Waals surface area contributed by atoms with Crippen LogP contribution in [0.3, 0.4) is 0 Å². The Hall–Kier alpha value is -3.76. The van der Waals surface area contributed by atoms with Crippen molar-refractivity contribution < 1.29 is 4.92 Å². The number of nitro groups is 1. The second-order valence-corrected chi connectivity index (χ2v) is 8.51. The summed E-state index contributed by atoms with van der Waals surface area (Å²) in [4.78, 5) is 13.3. The highest BCUT2D eigenvalue weighted by molar-refractivity contribution is 5.94. The molecule has 0 aromatic heterocycles. The quantitative estimate of drug-likeness (QED) is 0.265. The fourth-order valence-corrected chi connectivity index (χ4v) is 4.82. The zero-order valence-corrected chi connectivity index (χ0v) is 18.5. The molecule has 2 aliphatic rings. The molecule has 3 aromatic rings. The SMILES string of the molecule is O=[N+]([O-])c1ccccc1C=CCN1CCC(=C2c3ccccc3C=Cc3ccccc32)CC1. The van der Waals surface area contributed by atoms with Crippen LogP contribution in [0.15, 0.2) is 84.4 Å². The molecule has 5 rings (SSSR count). The van der Waals surface area contributed by atoms with Crippen molar-refractivity contribution in [2.75, 3.05) is 19.6 Å². The number of para-hydroxylation sites is 1. The number of likely N-dealkylation sites (tertiary alicyclic amines) is 1. The van der Waals surface area contributed by atoms with E-state index < -0.39 is 0 Å². The molecule has 3 aromatic carbocycles. The van der Waals surface area contributed by atoms with Gasteiger partial charge in [-0.05, 0) is 46.7 Å². The summed E-state index contributed by atoms with van der Waals surface area (Å²) >= 11 is 0. The Morgan fingerprint density at radius 1 is 0.818 bits per heavy atom. The van der Waals surface area contributed by atoms with Gasteiger partial charge in [0, 0.05) is 25.7 Å². The van der Waals surface area contributed by atoms with Gasteiger partial charge >= 0.3 is 0 Å². The van der Waals surface area contributed by atoms with E-state index in [1.54, 1.807) is 18.2 Å². The highest BCUT2D eigenvalue weighted by Crippen LogP contribution is 2.38. The minimum absolute atomic E-state index is 0.152. The first-order valence-electron chi connectivity index (χ1n) is 11.4. The first kappa shape index (κ1) is 21.1. The van der Waals surface area contributed by atoms with Crippen molar-refractivity contribution in [3.05, 3.63) is 122 Å². The largest absolute Gasteiger partial charge is 0.299 e. The van der Waals surface area contributed by atoms with E-state index in [1.807, 2.05) is 18.2 Å². The Balaban J connectivity index is 1.36. The normalized spacial score (nSPS) is 15.9. The molecule has 0 radical (unpaired) electrons. The highest BCUT2D eigenvalue weighted by atomic mass is 16.6. The maximum atomic E-state index is 11.2. The Morgan fingerprint density at radius 2 is 1.39 bits per heavy atom. The molecule has 164 valence electrons. The van der Waals surface area contributed by atoms with Gasteiger partial charge in [-0.2, -0.15) is 0 Å². The van der Waals surface area contributed by atoms with Crippen LogP contribution in [0.4, 0.5) is 5.69 Å². The van der Waals surface area contributed by atoms with Gasteiger partial charge in [0.1, 0.15) is 0 Å². The lowest BCUT2D eigenvalue weighted by Gasteiger charge is -2.29. The van der Waals surface area contributed by atoms with Gasteiger partial charge in [-0.3, -0.25) is 15.0 Å². The van der Waals surface area contributed by atoms with E-state index in [0.29, 0.717) is 5.56 Å². The van der Waals surface area contributed by atoms with Crippen LogP contribution in [0.1, 0.15) is 40.7 Å². The van der Waals surface area contributed by atoms with E-state index in [4.69, 9.17) is 0 Å². The lowest BCUT2D eigenvalue weighted by molar-refractivity contribution is -0.385. The molecule has 4 heteroatoms. The van der Waals surface area contributed by atoms with Gasteiger partial charge in [-0.25, -0.2) is 0 Å². The summed E-state index contributed by atoms with van der Waals surface area (Å²) < 4.78 is 0. The van der Waals surface area contributed by atoms with Crippen molar-refractivity contribution in [2.45, 2.75) is 12.8 Å². The molecule has 0 amide bonds. The molecule has 0 N–H and O–H groups in total. The van der Waals surface area contributed by atoms with Crippen molar-refractivity contribution in [3.8, 4) is 0 Å². The molecule has 1 heterocycles. The predicted octanol–water partition coefficient (Wildman–Crippen LogP) is 6.69. The van der Waals surface area contributed by atoms with Crippen LogP contribution >= 0.6 is 0 Å². The lowest BCUT2D eigenvalue weighted by atomic mass is 9.86. The Bertz CT molecular complexity index is 1220. The van der Waals surface area contributed by atoms with Gasteiger partial charge in [0.15, 0.2) is 0 Å². The van der Waals surface area contributed by atoms with Crippen LogP contribution in [0.25, 0.3) is 23.8 Å². The van der Waals surface area contributed by atoms with Gasteiger partial charge in [0.05, 0.1) is 10.5 Å². The molecule has 1 saturated heterocycles. The van der Waals surface area contributed by atoms with Crippen molar-refractivity contribution in [1.82, 2.24) is 4.90 Å². The molecule has 0 bridgehead atoms. The predicted molar refractivity (Wildman–Crippen MR) is 136 cm³/mol. The van der Waals surface area contributed by atoms with E-state index in [0.717, 1.165) is 32.5 Å². The summed E-state index contributed by atoms with van der Waals surface area (Å²) in [6.07, 6.45) is 10.4. The number of nitro benzene ring substituents is 1. The fraction of sp³-hybridized carbons (Fsp3) is 0.172. The standard InChI is InChI=1S/C29H26N2O2/c32-31(33)28-14-6-3-10-24(28)11-7-19-30-20-17-25(18-21-30)29-26-12-4-1-8-22(26)15-16-23-9-2-5-13-27(23)29/h1-16H,17-21H2. The molecule has 33 heavy (non-hydrogen) atoms. The Labute approximate surface area is 194 Å². The third-order valence-corrected chi connectivity index (χ3v) is 6.51. The van der Waals surface area contributed by atoms with E-state index in [2.05, 4.69) is 65.6 Å². The van der Waals surface area contributed by atoms with E-state index in [1.165, 1.54) is 33.4 Å². The minimum Gasteiger partial charge on any atom is -0.299 e. The zero-order valence-electron chi connectivity index (χ0n) is 18.5. The summed E-state index contributed by atoms with van der Waals surface area (Å²) in [7, 11) is 0.